The second-order valence-corrected chi connectivity index (χ2v) is 6.62. The van der Waals surface area contributed by atoms with Crippen LogP contribution in [0.1, 0.15) is 17.3 Å². The maximum absolute atomic E-state index is 11.5. The fourth-order valence-electron chi connectivity index (χ4n) is 1.71. The van der Waals surface area contributed by atoms with Gasteiger partial charge in [-0.3, -0.25) is 0 Å². The van der Waals surface area contributed by atoms with E-state index < -0.39 is 15.8 Å². The van der Waals surface area contributed by atoms with Crippen molar-refractivity contribution in [1.82, 2.24) is 0 Å². The molecule has 0 amide bonds. The van der Waals surface area contributed by atoms with E-state index in [9.17, 15) is 13.2 Å². The Labute approximate surface area is 112 Å². The van der Waals surface area contributed by atoms with Crippen LogP contribution in [0.25, 0.3) is 0 Å². The number of rotatable bonds is 5. The maximum Gasteiger partial charge on any atom is 0.340 e. The lowest BCUT2D eigenvalue weighted by Gasteiger charge is -2.15. The summed E-state index contributed by atoms with van der Waals surface area (Å²) in [6, 6.07) is 4.52. The van der Waals surface area contributed by atoms with Gasteiger partial charge in [-0.15, -0.1) is 0 Å². The molecule has 3 N–H and O–H groups in total. The number of nitrogens with one attached hydrogen (secondary N) is 1. The fraction of sp³-hybridized carbons (Fsp3) is 0.417. The summed E-state index contributed by atoms with van der Waals surface area (Å²) in [6.07, 6.45) is 1.17. The van der Waals surface area contributed by atoms with E-state index in [0.29, 0.717) is 11.4 Å². The fourth-order valence-corrected chi connectivity index (χ4v) is 2.70. The van der Waals surface area contributed by atoms with Crippen LogP contribution in [-0.4, -0.2) is 39.5 Å². The van der Waals surface area contributed by atoms with E-state index in [-0.39, 0.29) is 17.4 Å². The van der Waals surface area contributed by atoms with Crippen LogP contribution in [0.3, 0.4) is 0 Å². The van der Waals surface area contributed by atoms with Gasteiger partial charge in [0.25, 0.3) is 0 Å². The number of carbonyl (C=O) groups is 1. The summed E-state index contributed by atoms with van der Waals surface area (Å²) < 4.78 is 27.0. The molecule has 0 aliphatic heterocycles. The molecular formula is C12H18N2O4S. The molecule has 0 spiro atoms. The van der Waals surface area contributed by atoms with E-state index in [1.54, 1.807) is 25.1 Å². The van der Waals surface area contributed by atoms with Gasteiger partial charge in [-0.2, -0.15) is 0 Å². The number of methoxy groups -OCH3 is 1. The quantitative estimate of drug-likeness (QED) is 0.616. The first-order valence-electron chi connectivity index (χ1n) is 5.65. The Kier molecular flexibility index (Phi) is 4.77. The zero-order valence-electron chi connectivity index (χ0n) is 11.1. The average Bonchev–Trinajstić information content (AvgIpc) is 2.28. The van der Waals surface area contributed by atoms with Gasteiger partial charge in [0.1, 0.15) is 9.84 Å². The molecule has 0 bridgehead atoms. The van der Waals surface area contributed by atoms with E-state index in [4.69, 9.17) is 5.73 Å². The van der Waals surface area contributed by atoms with Gasteiger partial charge in [-0.1, -0.05) is 0 Å². The summed E-state index contributed by atoms with van der Waals surface area (Å²) in [7, 11) is -1.79. The third-order valence-electron chi connectivity index (χ3n) is 2.42. The molecule has 0 radical (unpaired) electrons. The second kappa shape index (κ2) is 5.92. The molecule has 106 valence electrons. The third kappa shape index (κ3) is 4.78. The molecule has 0 aliphatic rings. The van der Waals surface area contributed by atoms with Crippen molar-refractivity contribution in [2.75, 3.05) is 30.2 Å². The van der Waals surface area contributed by atoms with Crippen molar-refractivity contribution in [3.05, 3.63) is 23.8 Å². The predicted molar refractivity (Wildman–Crippen MR) is 75.0 cm³/mol. The van der Waals surface area contributed by atoms with Gasteiger partial charge < -0.3 is 15.8 Å². The van der Waals surface area contributed by atoms with Crippen LogP contribution in [0.5, 0.6) is 0 Å². The number of hydrogen-bond donors (Lipinski definition) is 2. The highest BCUT2D eigenvalue weighted by atomic mass is 32.2. The first kappa shape index (κ1) is 15.3. The lowest BCUT2D eigenvalue weighted by atomic mass is 10.1. The van der Waals surface area contributed by atoms with Crippen LogP contribution in [0.15, 0.2) is 18.2 Å². The molecule has 19 heavy (non-hydrogen) atoms. The van der Waals surface area contributed by atoms with Crippen molar-refractivity contribution < 1.29 is 17.9 Å². The van der Waals surface area contributed by atoms with Crippen molar-refractivity contribution in [3.63, 3.8) is 0 Å². The molecule has 1 unspecified atom stereocenters. The van der Waals surface area contributed by atoms with E-state index >= 15 is 0 Å². The van der Waals surface area contributed by atoms with Gasteiger partial charge in [0.05, 0.1) is 18.4 Å². The third-order valence-corrected chi connectivity index (χ3v) is 3.53. The molecule has 1 rings (SSSR count). The van der Waals surface area contributed by atoms with Crippen LogP contribution >= 0.6 is 0 Å². The Morgan fingerprint density at radius 2 is 2.11 bits per heavy atom. The van der Waals surface area contributed by atoms with Crippen LogP contribution < -0.4 is 11.1 Å². The van der Waals surface area contributed by atoms with Crippen LogP contribution in [0.4, 0.5) is 11.4 Å². The number of esters is 1. The molecule has 0 fully saturated rings. The lowest BCUT2D eigenvalue weighted by molar-refractivity contribution is 0.0602. The highest BCUT2D eigenvalue weighted by Gasteiger charge is 2.13. The molecule has 1 atom stereocenters. The SMILES string of the molecule is COC(=O)c1cc(NC(C)CS(C)(=O)=O)ccc1N. The van der Waals surface area contributed by atoms with Crippen molar-refractivity contribution in [2.24, 2.45) is 0 Å². The van der Waals surface area contributed by atoms with E-state index in [0.717, 1.165) is 0 Å². The van der Waals surface area contributed by atoms with Gasteiger partial charge in [0, 0.05) is 23.7 Å². The smallest absolute Gasteiger partial charge is 0.340 e. The van der Waals surface area contributed by atoms with Crippen LogP contribution in [-0.2, 0) is 14.6 Å². The van der Waals surface area contributed by atoms with Crippen molar-refractivity contribution in [1.29, 1.82) is 0 Å². The number of ether oxygens (including phenoxy) is 1. The Bertz CT molecular complexity index is 569. The molecule has 0 aromatic heterocycles. The first-order valence-corrected chi connectivity index (χ1v) is 7.71. The first-order chi connectivity index (χ1) is 8.73. The summed E-state index contributed by atoms with van der Waals surface area (Å²) in [4.78, 5) is 11.5. The highest BCUT2D eigenvalue weighted by Crippen LogP contribution is 2.19. The molecule has 0 saturated heterocycles. The number of benzene rings is 1. The lowest BCUT2D eigenvalue weighted by Crippen LogP contribution is -2.25. The molecule has 0 saturated carbocycles. The van der Waals surface area contributed by atoms with E-state index in [1.165, 1.54) is 13.4 Å². The summed E-state index contributed by atoms with van der Waals surface area (Å²) in [5.41, 5.74) is 6.85. The number of carbonyl (C=O) groups excluding carboxylic acids is 1. The predicted octanol–water partition coefficient (Wildman–Crippen LogP) is 0.900. The minimum absolute atomic E-state index is 0.00489. The maximum atomic E-state index is 11.5. The van der Waals surface area contributed by atoms with E-state index in [2.05, 4.69) is 10.1 Å². The summed E-state index contributed by atoms with van der Waals surface area (Å²) in [6.45, 7) is 1.75. The largest absolute Gasteiger partial charge is 0.465 e. The normalized spacial score (nSPS) is 12.8. The molecule has 0 aliphatic carbocycles. The van der Waals surface area contributed by atoms with Gasteiger partial charge in [-0.05, 0) is 25.1 Å². The molecule has 6 nitrogen and oxygen atoms in total. The van der Waals surface area contributed by atoms with Crippen molar-refractivity contribution in [3.8, 4) is 0 Å². The second-order valence-electron chi connectivity index (χ2n) is 4.43. The summed E-state index contributed by atoms with van der Waals surface area (Å²) in [5, 5.41) is 3.00. The van der Waals surface area contributed by atoms with Crippen molar-refractivity contribution in [2.45, 2.75) is 13.0 Å². The minimum atomic E-state index is -3.06. The molecular weight excluding hydrogens is 268 g/mol. The van der Waals surface area contributed by atoms with E-state index in [1.807, 2.05) is 0 Å². The summed E-state index contributed by atoms with van der Waals surface area (Å²) >= 11 is 0. The highest BCUT2D eigenvalue weighted by molar-refractivity contribution is 7.90. The zero-order chi connectivity index (χ0) is 14.6. The van der Waals surface area contributed by atoms with Crippen LogP contribution in [0.2, 0.25) is 0 Å². The van der Waals surface area contributed by atoms with Gasteiger partial charge in [0.15, 0.2) is 0 Å². The zero-order valence-corrected chi connectivity index (χ0v) is 12.0. The number of hydrogen-bond acceptors (Lipinski definition) is 6. The topological polar surface area (TPSA) is 98.5 Å². The minimum Gasteiger partial charge on any atom is -0.465 e. The molecule has 7 heteroatoms. The Morgan fingerprint density at radius 1 is 1.47 bits per heavy atom. The van der Waals surface area contributed by atoms with Gasteiger partial charge in [0.2, 0.25) is 0 Å². The average molecular weight is 286 g/mol. The number of nitrogens with two attached hydrogens (primary N) is 1. The monoisotopic (exact) mass is 286 g/mol. The molecule has 0 heterocycles. The molecule has 1 aromatic carbocycles. The number of anilines is 2. The Hall–Kier alpha value is -1.76. The Morgan fingerprint density at radius 3 is 2.63 bits per heavy atom. The van der Waals surface area contributed by atoms with Gasteiger partial charge in [-0.25, -0.2) is 13.2 Å². The van der Waals surface area contributed by atoms with Crippen LogP contribution in [0, 0.1) is 0 Å². The van der Waals surface area contributed by atoms with Gasteiger partial charge >= 0.3 is 5.97 Å². The Balaban J connectivity index is 2.88. The standard InChI is InChI=1S/C12H18N2O4S/c1-8(7-19(3,16)17)14-9-4-5-11(13)10(6-9)12(15)18-2/h4-6,8,14H,7,13H2,1-3H3. The number of sulfone groups is 1. The van der Waals surface area contributed by atoms with Crippen molar-refractivity contribution >= 4 is 27.2 Å². The number of nitrogen functional groups attached to an aromatic ring is 1. The summed E-state index contributed by atoms with van der Waals surface area (Å²) in [5.74, 6) is -0.526. The molecule has 1 aromatic rings.